The van der Waals surface area contributed by atoms with Crippen LogP contribution in [0.1, 0.15) is 49.6 Å². The van der Waals surface area contributed by atoms with Gasteiger partial charge in [-0.15, -0.1) is 0 Å². The molecule has 0 aliphatic heterocycles. The highest BCUT2D eigenvalue weighted by atomic mass is 16.5. The third kappa shape index (κ3) is 2.75. The molecule has 5 heteroatoms. The summed E-state index contributed by atoms with van der Waals surface area (Å²) in [6.07, 6.45) is 1.62. The van der Waals surface area contributed by atoms with Gasteiger partial charge < -0.3 is 4.74 Å². The monoisotopic (exact) mass is 445 g/mol. The second-order valence-corrected chi connectivity index (χ2v) is 9.77. The number of carbonyl (C=O) groups excluding carboxylic acids is 1. The molecule has 34 heavy (non-hydrogen) atoms. The van der Waals surface area contributed by atoms with Gasteiger partial charge in [0.05, 0.1) is 34.1 Å². The second-order valence-electron chi connectivity index (χ2n) is 9.77. The standard InChI is InChI=1S/C29H23N3O2/c1-28(2)22-15-16-29(28,26-25(22)31-23-5-3-4-6-24(23)32-26)27(33)34-21-13-11-20(12-14-21)19-9-7-18(17-30)8-10-19/h3-14,22H,15-16H2,1-2H3. The maximum Gasteiger partial charge on any atom is 0.324 e. The number of benzene rings is 3. The molecule has 0 saturated heterocycles. The normalized spacial score (nSPS) is 21.7. The SMILES string of the molecule is CC1(C)C2CCC1(C(=O)Oc1ccc(-c3ccc(C#N)cc3)cc1)c1nc3ccccc3nc12. The molecular weight excluding hydrogens is 422 g/mol. The fourth-order valence-electron chi connectivity index (χ4n) is 5.92. The Morgan fingerprint density at radius 2 is 1.56 bits per heavy atom. The number of nitriles is 1. The van der Waals surface area contributed by atoms with Crippen molar-refractivity contribution in [3.63, 3.8) is 0 Å². The first-order valence-corrected chi connectivity index (χ1v) is 11.5. The predicted molar refractivity (Wildman–Crippen MR) is 129 cm³/mol. The lowest BCUT2D eigenvalue weighted by Crippen LogP contribution is -2.45. The number of ether oxygens (including phenoxy) is 1. The van der Waals surface area contributed by atoms with Gasteiger partial charge in [0.25, 0.3) is 0 Å². The van der Waals surface area contributed by atoms with Crippen LogP contribution < -0.4 is 4.74 Å². The van der Waals surface area contributed by atoms with Crippen LogP contribution in [0.25, 0.3) is 22.2 Å². The van der Waals surface area contributed by atoms with Crippen molar-refractivity contribution in [3.05, 3.63) is 89.7 Å². The summed E-state index contributed by atoms with van der Waals surface area (Å²) in [4.78, 5) is 23.7. The zero-order valence-corrected chi connectivity index (χ0v) is 19.1. The lowest BCUT2D eigenvalue weighted by Gasteiger charge is -2.35. The highest BCUT2D eigenvalue weighted by Crippen LogP contribution is 2.67. The van der Waals surface area contributed by atoms with Gasteiger partial charge in [0.15, 0.2) is 0 Å². The van der Waals surface area contributed by atoms with E-state index in [0.29, 0.717) is 17.7 Å². The van der Waals surface area contributed by atoms with Gasteiger partial charge in [0, 0.05) is 5.92 Å². The van der Waals surface area contributed by atoms with Crippen molar-refractivity contribution in [1.29, 1.82) is 5.26 Å². The van der Waals surface area contributed by atoms with Gasteiger partial charge in [-0.3, -0.25) is 4.79 Å². The van der Waals surface area contributed by atoms with E-state index < -0.39 is 5.41 Å². The van der Waals surface area contributed by atoms with Crippen LogP contribution in [0, 0.1) is 16.7 Å². The molecule has 3 aromatic carbocycles. The molecule has 2 aliphatic carbocycles. The minimum Gasteiger partial charge on any atom is -0.426 e. The first-order valence-electron chi connectivity index (χ1n) is 11.5. The van der Waals surface area contributed by atoms with Crippen molar-refractivity contribution in [2.24, 2.45) is 5.41 Å². The molecule has 4 aromatic rings. The summed E-state index contributed by atoms with van der Waals surface area (Å²) in [7, 11) is 0. The Labute approximate surface area is 198 Å². The molecule has 0 amide bonds. The molecular formula is C29H23N3O2. The van der Waals surface area contributed by atoms with E-state index in [1.807, 2.05) is 60.7 Å². The van der Waals surface area contributed by atoms with Crippen molar-refractivity contribution in [2.75, 3.05) is 0 Å². The predicted octanol–water partition coefficient (Wildman–Crippen LogP) is 5.93. The quantitative estimate of drug-likeness (QED) is 0.289. The molecule has 1 heterocycles. The maximum absolute atomic E-state index is 13.8. The summed E-state index contributed by atoms with van der Waals surface area (Å²) >= 11 is 0. The van der Waals surface area contributed by atoms with Crippen LogP contribution >= 0.6 is 0 Å². The van der Waals surface area contributed by atoms with Gasteiger partial charge in [-0.2, -0.15) is 5.26 Å². The summed E-state index contributed by atoms with van der Waals surface area (Å²) in [5.74, 6) is 0.443. The summed E-state index contributed by atoms with van der Waals surface area (Å²) in [5.41, 5.74) is 4.89. The minimum absolute atomic E-state index is 0.186. The Hall–Kier alpha value is -4.04. The van der Waals surface area contributed by atoms with E-state index >= 15 is 0 Å². The molecule has 6 rings (SSSR count). The number of aromatic nitrogens is 2. The third-order valence-electron chi connectivity index (χ3n) is 7.87. The fourth-order valence-corrected chi connectivity index (χ4v) is 5.92. The third-order valence-corrected chi connectivity index (χ3v) is 7.87. The molecule has 2 atom stereocenters. The summed E-state index contributed by atoms with van der Waals surface area (Å²) in [5, 5.41) is 9.00. The van der Waals surface area contributed by atoms with Crippen LogP contribution in [0.2, 0.25) is 0 Å². The van der Waals surface area contributed by atoms with Crippen molar-refractivity contribution in [2.45, 2.75) is 38.0 Å². The van der Waals surface area contributed by atoms with Gasteiger partial charge in [-0.25, -0.2) is 9.97 Å². The van der Waals surface area contributed by atoms with Crippen LogP contribution in [0.4, 0.5) is 0 Å². The number of hydrogen-bond acceptors (Lipinski definition) is 5. The summed E-state index contributed by atoms with van der Waals surface area (Å²) in [6.45, 7) is 4.29. The van der Waals surface area contributed by atoms with Gasteiger partial charge in [-0.1, -0.05) is 50.2 Å². The highest BCUT2D eigenvalue weighted by molar-refractivity contribution is 5.90. The van der Waals surface area contributed by atoms with Crippen molar-refractivity contribution < 1.29 is 9.53 Å². The highest BCUT2D eigenvalue weighted by Gasteiger charge is 2.69. The number of carbonyl (C=O) groups is 1. The second kappa shape index (κ2) is 7.23. The molecule has 1 aromatic heterocycles. The molecule has 2 aliphatic rings. The molecule has 1 fully saturated rings. The van der Waals surface area contributed by atoms with Crippen LogP contribution in [0.5, 0.6) is 5.75 Å². The average molecular weight is 446 g/mol. The maximum atomic E-state index is 13.8. The van der Waals surface area contributed by atoms with Crippen molar-refractivity contribution in [3.8, 4) is 22.9 Å². The lowest BCUT2D eigenvalue weighted by atomic mass is 9.68. The average Bonchev–Trinajstić information content (AvgIpc) is 3.24. The number of hydrogen-bond donors (Lipinski definition) is 0. The van der Waals surface area contributed by atoms with Crippen LogP contribution in [-0.2, 0) is 10.2 Å². The Bertz CT molecular complexity index is 1480. The minimum atomic E-state index is -0.810. The Balaban J connectivity index is 1.34. The lowest BCUT2D eigenvalue weighted by molar-refractivity contribution is -0.144. The largest absolute Gasteiger partial charge is 0.426 e. The molecule has 5 nitrogen and oxygen atoms in total. The molecule has 2 bridgehead atoms. The van der Waals surface area contributed by atoms with E-state index in [1.54, 1.807) is 12.1 Å². The summed E-state index contributed by atoms with van der Waals surface area (Å²) in [6, 6.07) is 24.9. The first kappa shape index (κ1) is 20.6. The Morgan fingerprint density at radius 3 is 2.21 bits per heavy atom. The van der Waals surface area contributed by atoms with Crippen LogP contribution in [0.15, 0.2) is 72.8 Å². The van der Waals surface area contributed by atoms with Gasteiger partial charge in [0.2, 0.25) is 0 Å². The molecule has 0 spiro atoms. The van der Waals surface area contributed by atoms with Crippen molar-refractivity contribution >= 4 is 17.0 Å². The zero-order chi connectivity index (χ0) is 23.5. The van der Waals surface area contributed by atoms with Gasteiger partial charge >= 0.3 is 5.97 Å². The van der Waals surface area contributed by atoms with E-state index in [2.05, 4.69) is 19.9 Å². The van der Waals surface area contributed by atoms with E-state index in [0.717, 1.165) is 40.0 Å². The van der Waals surface area contributed by atoms with E-state index in [9.17, 15) is 4.79 Å². The Kier molecular flexibility index (Phi) is 4.37. The summed E-state index contributed by atoms with van der Waals surface area (Å²) < 4.78 is 6.00. The topological polar surface area (TPSA) is 75.9 Å². The van der Waals surface area contributed by atoms with Gasteiger partial charge in [0.1, 0.15) is 11.2 Å². The van der Waals surface area contributed by atoms with Crippen molar-refractivity contribution in [1.82, 2.24) is 9.97 Å². The molecule has 2 unspecified atom stereocenters. The number of para-hydroxylation sites is 2. The van der Waals surface area contributed by atoms with Crippen LogP contribution in [-0.4, -0.2) is 15.9 Å². The smallest absolute Gasteiger partial charge is 0.324 e. The fraction of sp³-hybridized carbons (Fsp3) is 0.241. The number of esters is 1. The molecule has 1 saturated carbocycles. The molecule has 0 radical (unpaired) electrons. The number of rotatable bonds is 3. The Morgan fingerprint density at radius 1 is 0.941 bits per heavy atom. The van der Waals surface area contributed by atoms with E-state index in [1.165, 1.54) is 0 Å². The number of fused-ring (bicyclic) bond motifs is 6. The van der Waals surface area contributed by atoms with Gasteiger partial charge in [-0.05, 0) is 65.8 Å². The molecule has 0 N–H and O–H groups in total. The first-order chi connectivity index (χ1) is 16.4. The zero-order valence-electron chi connectivity index (χ0n) is 19.1. The van der Waals surface area contributed by atoms with E-state index in [-0.39, 0.29) is 17.3 Å². The number of nitrogens with zero attached hydrogens (tertiary/aromatic N) is 3. The van der Waals surface area contributed by atoms with Crippen LogP contribution in [0.3, 0.4) is 0 Å². The molecule has 166 valence electrons. The van der Waals surface area contributed by atoms with E-state index in [4.69, 9.17) is 20.0 Å².